The van der Waals surface area contributed by atoms with Crippen molar-refractivity contribution in [3.05, 3.63) is 101 Å². The van der Waals surface area contributed by atoms with Gasteiger partial charge in [-0.05, 0) is 48.5 Å². The van der Waals surface area contributed by atoms with Crippen LogP contribution in [0.5, 0.6) is 5.75 Å². The zero-order chi connectivity index (χ0) is 20.3. The van der Waals surface area contributed by atoms with Gasteiger partial charge in [0.2, 0.25) is 0 Å². The van der Waals surface area contributed by atoms with Crippen molar-refractivity contribution in [3.63, 3.8) is 0 Å². The molecule has 30 heavy (non-hydrogen) atoms. The Labute approximate surface area is 171 Å². The molecule has 5 aromatic rings. The summed E-state index contributed by atoms with van der Waals surface area (Å²) in [5.74, 6) is 0.686. The minimum absolute atomic E-state index is 0.367. The summed E-state index contributed by atoms with van der Waals surface area (Å²) >= 11 is 0. The van der Waals surface area contributed by atoms with E-state index in [9.17, 15) is 4.79 Å². The van der Waals surface area contributed by atoms with E-state index in [2.05, 4.69) is 15.0 Å². The van der Waals surface area contributed by atoms with Gasteiger partial charge in [0.05, 0.1) is 16.9 Å². The van der Waals surface area contributed by atoms with Crippen molar-refractivity contribution in [2.24, 2.45) is 0 Å². The molecule has 0 unspecified atom stereocenters. The van der Waals surface area contributed by atoms with Crippen molar-refractivity contribution in [2.45, 2.75) is 6.61 Å². The summed E-state index contributed by atoms with van der Waals surface area (Å²) in [6.07, 6.45) is 3.34. The number of ether oxygens (including phenoxy) is 1. The Morgan fingerprint density at radius 3 is 2.50 bits per heavy atom. The Morgan fingerprint density at radius 2 is 1.67 bits per heavy atom. The molecule has 2 aromatic carbocycles. The van der Waals surface area contributed by atoms with E-state index in [-0.39, 0.29) is 0 Å². The highest BCUT2D eigenvalue weighted by Gasteiger charge is 2.14. The Morgan fingerprint density at radius 1 is 0.867 bits per heavy atom. The van der Waals surface area contributed by atoms with Gasteiger partial charge in [-0.1, -0.05) is 24.3 Å². The van der Waals surface area contributed by atoms with Crippen LogP contribution in [0, 0.1) is 0 Å². The average molecular weight is 395 g/mol. The molecule has 0 bridgehead atoms. The molecule has 0 radical (unpaired) electrons. The smallest absolute Gasteiger partial charge is 0.417 e. The van der Waals surface area contributed by atoms with Crippen LogP contribution in [0.15, 0.2) is 94.4 Å². The molecule has 0 saturated heterocycles. The first kappa shape index (κ1) is 17.9. The van der Waals surface area contributed by atoms with Gasteiger partial charge in [-0.25, -0.2) is 9.78 Å². The predicted molar refractivity (Wildman–Crippen MR) is 114 cm³/mol. The van der Waals surface area contributed by atoms with E-state index < -0.39 is 5.76 Å². The molecule has 0 amide bonds. The normalized spacial score (nSPS) is 10.9. The van der Waals surface area contributed by atoms with Crippen LogP contribution in [0.4, 0.5) is 0 Å². The van der Waals surface area contributed by atoms with E-state index in [1.54, 1.807) is 12.4 Å². The van der Waals surface area contributed by atoms with Gasteiger partial charge in [-0.15, -0.1) is 0 Å². The van der Waals surface area contributed by atoms with E-state index >= 15 is 0 Å². The molecule has 3 heterocycles. The summed E-state index contributed by atoms with van der Waals surface area (Å²) < 4.78 is 11.3. The number of pyridine rings is 2. The first-order valence-corrected chi connectivity index (χ1v) is 9.48. The monoisotopic (exact) mass is 395 g/mol. The van der Waals surface area contributed by atoms with Crippen LogP contribution in [0.1, 0.15) is 5.69 Å². The number of aromatic nitrogens is 3. The Bertz CT molecular complexity index is 1360. The van der Waals surface area contributed by atoms with Gasteiger partial charge in [0.15, 0.2) is 5.76 Å². The van der Waals surface area contributed by atoms with E-state index in [1.807, 2.05) is 72.8 Å². The van der Waals surface area contributed by atoms with Crippen molar-refractivity contribution in [1.82, 2.24) is 15.0 Å². The number of H-pyrrole nitrogens is 1. The molecule has 6 heteroatoms. The molecule has 0 atom stereocenters. The van der Waals surface area contributed by atoms with Gasteiger partial charge in [0.1, 0.15) is 12.4 Å². The summed E-state index contributed by atoms with van der Waals surface area (Å²) in [4.78, 5) is 23.2. The number of para-hydroxylation sites is 1. The summed E-state index contributed by atoms with van der Waals surface area (Å²) in [5, 5.41) is 1.10. The number of oxazole rings is 1. The van der Waals surface area contributed by atoms with Crippen LogP contribution in [0.2, 0.25) is 0 Å². The van der Waals surface area contributed by atoms with Crippen LogP contribution in [0.25, 0.3) is 33.5 Å². The van der Waals surface area contributed by atoms with E-state index in [0.29, 0.717) is 23.8 Å². The Kier molecular flexibility index (Phi) is 4.57. The van der Waals surface area contributed by atoms with Crippen molar-refractivity contribution < 1.29 is 9.15 Å². The van der Waals surface area contributed by atoms with E-state index in [4.69, 9.17) is 9.15 Å². The second-order valence-corrected chi connectivity index (χ2v) is 6.76. The van der Waals surface area contributed by atoms with Crippen molar-refractivity contribution in [1.29, 1.82) is 0 Å². The molecule has 0 spiro atoms. The molecule has 0 fully saturated rings. The minimum atomic E-state index is -0.500. The fraction of sp³-hybridized carbons (Fsp3) is 0.0417. The number of rotatable bonds is 5. The number of benzene rings is 2. The quantitative estimate of drug-likeness (QED) is 0.461. The van der Waals surface area contributed by atoms with E-state index in [1.165, 1.54) is 0 Å². The first-order valence-electron chi connectivity index (χ1n) is 9.48. The van der Waals surface area contributed by atoms with Crippen LogP contribution in [-0.4, -0.2) is 15.0 Å². The molecule has 5 rings (SSSR count). The number of aromatic amines is 1. The molecular formula is C24H17N3O3. The van der Waals surface area contributed by atoms with E-state index in [0.717, 1.165) is 27.7 Å². The minimum Gasteiger partial charge on any atom is -0.487 e. The van der Waals surface area contributed by atoms with Gasteiger partial charge in [-0.2, -0.15) is 0 Å². The van der Waals surface area contributed by atoms with Gasteiger partial charge >= 0.3 is 5.76 Å². The molecule has 0 saturated carbocycles. The molecule has 3 aromatic heterocycles. The lowest BCUT2D eigenvalue weighted by atomic mass is 10.1. The highest BCUT2D eigenvalue weighted by molar-refractivity contribution is 5.78. The van der Waals surface area contributed by atoms with Crippen LogP contribution < -0.4 is 10.5 Å². The maximum Gasteiger partial charge on any atom is 0.417 e. The number of hydrogen-bond donors (Lipinski definition) is 1. The number of nitrogens with one attached hydrogen (secondary N) is 1. The van der Waals surface area contributed by atoms with Crippen LogP contribution in [0.3, 0.4) is 0 Å². The first-order chi connectivity index (χ1) is 14.8. The highest BCUT2D eigenvalue weighted by atomic mass is 16.5. The highest BCUT2D eigenvalue weighted by Crippen LogP contribution is 2.30. The SMILES string of the molecule is O=c1[nH]c(-c2ccncc2)c(-c2ccc(OCc3ccc4ccccc4n3)cc2)o1. The second-order valence-electron chi connectivity index (χ2n) is 6.76. The maximum atomic E-state index is 11.8. The number of nitrogens with zero attached hydrogens (tertiary/aromatic N) is 2. The third kappa shape index (κ3) is 3.58. The summed E-state index contributed by atoms with van der Waals surface area (Å²) in [6.45, 7) is 0.367. The van der Waals surface area contributed by atoms with Gasteiger partial charge < -0.3 is 9.15 Å². The second kappa shape index (κ2) is 7.67. The third-order valence-corrected chi connectivity index (χ3v) is 4.78. The molecule has 1 N–H and O–H groups in total. The average Bonchev–Trinajstić information content (AvgIpc) is 3.20. The third-order valence-electron chi connectivity index (χ3n) is 4.78. The lowest BCUT2D eigenvalue weighted by Crippen LogP contribution is -1.98. The van der Waals surface area contributed by atoms with Gasteiger partial charge in [-0.3, -0.25) is 9.97 Å². The predicted octanol–water partition coefficient (Wildman–Crippen LogP) is 4.82. The lowest BCUT2D eigenvalue weighted by Gasteiger charge is -2.08. The van der Waals surface area contributed by atoms with Crippen molar-refractivity contribution in [3.8, 4) is 28.3 Å². The van der Waals surface area contributed by atoms with Crippen LogP contribution >= 0.6 is 0 Å². The summed E-state index contributed by atoms with van der Waals surface area (Å²) in [7, 11) is 0. The standard InChI is InChI=1S/C24H17N3O3/c28-24-27-22(17-11-13-25-14-12-17)23(30-24)18-6-9-20(10-7-18)29-15-19-8-5-16-3-1-2-4-21(16)26-19/h1-14H,15H2,(H,27,28). The molecule has 6 nitrogen and oxygen atoms in total. The molecule has 0 aliphatic carbocycles. The fourth-order valence-electron chi connectivity index (χ4n) is 3.30. The zero-order valence-corrected chi connectivity index (χ0v) is 15.9. The lowest BCUT2D eigenvalue weighted by molar-refractivity contribution is 0.302. The maximum absolute atomic E-state index is 11.8. The topological polar surface area (TPSA) is 81.0 Å². The summed E-state index contributed by atoms with van der Waals surface area (Å²) in [6, 6.07) is 23.0. The largest absolute Gasteiger partial charge is 0.487 e. The zero-order valence-electron chi connectivity index (χ0n) is 15.9. The Balaban J connectivity index is 1.35. The van der Waals surface area contributed by atoms with Gasteiger partial charge in [0, 0.05) is 28.9 Å². The molecule has 0 aliphatic rings. The molecule has 146 valence electrons. The molecule has 0 aliphatic heterocycles. The number of hydrogen-bond acceptors (Lipinski definition) is 5. The summed E-state index contributed by atoms with van der Waals surface area (Å²) in [5.41, 5.74) is 4.02. The Hall–Kier alpha value is -4.19. The van der Waals surface area contributed by atoms with Crippen molar-refractivity contribution in [2.75, 3.05) is 0 Å². The molecular weight excluding hydrogens is 378 g/mol. The number of fused-ring (bicyclic) bond motifs is 1. The fourth-order valence-corrected chi connectivity index (χ4v) is 3.30. The van der Waals surface area contributed by atoms with Crippen LogP contribution in [-0.2, 0) is 6.61 Å². The van der Waals surface area contributed by atoms with Gasteiger partial charge in [0.25, 0.3) is 0 Å². The van der Waals surface area contributed by atoms with Crippen molar-refractivity contribution >= 4 is 10.9 Å².